The van der Waals surface area contributed by atoms with E-state index in [4.69, 9.17) is 27.9 Å². The molecule has 0 saturated carbocycles. The first-order chi connectivity index (χ1) is 15.7. The highest BCUT2D eigenvalue weighted by molar-refractivity contribution is 6.51. The number of aryl methyl sites for hydroxylation is 1. The SMILES string of the molecule is COc1c(Cl)cc(/C(O)=C2\C(=O)C(=O)N(c3ccc(C)cc3)C2c2cccc(O)c2)cc1Cl. The van der Waals surface area contributed by atoms with E-state index in [2.05, 4.69) is 0 Å². The van der Waals surface area contributed by atoms with E-state index in [0.717, 1.165) is 5.56 Å². The van der Waals surface area contributed by atoms with Gasteiger partial charge in [-0.2, -0.15) is 0 Å². The van der Waals surface area contributed by atoms with Crippen LogP contribution in [-0.4, -0.2) is 29.0 Å². The molecule has 1 aliphatic rings. The molecule has 0 bridgehead atoms. The molecular formula is C25H19Cl2NO5. The number of aliphatic hydroxyl groups is 1. The van der Waals surface area contributed by atoms with Crippen molar-refractivity contribution in [2.75, 3.05) is 12.0 Å². The van der Waals surface area contributed by atoms with E-state index < -0.39 is 23.5 Å². The molecule has 1 fully saturated rings. The van der Waals surface area contributed by atoms with Crippen LogP contribution < -0.4 is 9.64 Å². The smallest absolute Gasteiger partial charge is 0.300 e. The molecule has 168 valence electrons. The Hall–Kier alpha value is -3.48. The number of carbonyl (C=O) groups excluding carboxylic acids is 2. The van der Waals surface area contributed by atoms with Gasteiger partial charge in [-0.15, -0.1) is 0 Å². The molecule has 33 heavy (non-hydrogen) atoms. The van der Waals surface area contributed by atoms with Crippen molar-refractivity contribution in [1.82, 2.24) is 0 Å². The number of phenols is 1. The maximum atomic E-state index is 13.2. The molecule has 3 aromatic carbocycles. The Morgan fingerprint density at radius 2 is 1.64 bits per heavy atom. The van der Waals surface area contributed by atoms with Gasteiger partial charge in [0.15, 0.2) is 5.75 Å². The second kappa shape index (κ2) is 8.81. The minimum atomic E-state index is -0.987. The highest BCUT2D eigenvalue weighted by Crippen LogP contribution is 2.44. The number of carbonyl (C=O) groups is 2. The number of benzene rings is 3. The van der Waals surface area contributed by atoms with Gasteiger partial charge in [0, 0.05) is 11.3 Å². The number of phenolic OH excluding ortho intramolecular Hbond substituents is 1. The minimum Gasteiger partial charge on any atom is -0.508 e. The lowest BCUT2D eigenvalue weighted by Crippen LogP contribution is -2.29. The molecule has 1 saturated heterocycles. The predicted molar refractivity (Wildman–Crippen MR) is 127 cm³/mol. The van der Waals surface area contributed by atoms with Crippen LogP contribution in [0.3, 0.4) is 0 Å². The molecule has 1 atom stereocenters. The monoisotopic (exact) mass is 483 g/mol. The summed E-state index contributed by atoms with van der Waals surface area (Å²) in [5.41, 5.74) is 1.90. The third kappa shape index (κ3) is 4.03. The summed E-state index contributed by atoms with van der Waals surface area (Å²) < 4.78 is 5.14. The maximum Gasteiger partial charge on any atom is 0.300 e. The van der Waals surface area contributed by atoms with Crippen molar-refractivity contribution >= 4 is 46.3 Å². The number of halogens is 2. The molecule has 0 radical (unpaired) electrons. The Labute approximate surface area is 200 Å². The molecule has 0 aliphatic carbocycles. The highest BCUT2D eigenvalue weighted by Gasteiger charge is 2.47. The summed E-state index contributed by atoms with van der Waals surface area (Å²) in [4.78, 5) is 27.6. The lowest BCUT2D eigenvalue weighted by atomic mass is 9.95. The zero-order valence-corrected chi connectivity index (χ0v) is 19.2. The van der Waals surface area contributed by atoms with Crippen molar-refractivity contribution < 1.29 is 24.5 Å². The lowest BCUT2D eigenvalue weighted by Gasteiger charge is -2.25. The van der Waals surface area contributed by atoms with Gasteiger partial charge in [0.2, 0.25) is 0 Å². The van der Waals surface area contributed by atoms with Crippen LogP contribution in [0.2, 0.25) is 10.0 Å². The van der Waals surface area contributed by atoms with Gasteiger partial charge in [-0.25, -0.2) is 0 Å². The average molecular weight is 484 g/mol. The van der Waals surface area contributed by atoms with E-state index >= 15 is 0 Å². The van der Waals surface area contributed by atoms with Gasteiger partial charge in [-0.3, -0.25) is 14.5 Å². The van der Waals surface area contributed by atoms with Crippen LogP contribution in [0.15, 0.2) is 66.2 Å². The van der Waals surface area contributed by atoms with Gasteiger partial charge in [-0.1, -0.05) is 53.0 Å². The summed E-state index contributed by atoms with van der Waals surface area (Å²) in [5, 5.41) is 21.5. The van der Waals surface area contributed by atoms with Crippen molar-refractivity contribution in [2.24, 2.45) is 0 Å². The number of anilines is 1. The van der Waals surface area contributed by atoms with Crippen LogP contribution in [0, 0.1) is 6.92 Å². The Balaban J connectivity index is 1.96. The zero-order valence-electron chi connectivity index (χ0n) is 17.7. The number of aromatic hydroxyl groups is 1. The number of Topliss-reactive ketones (excluding diaryl/α,β-unsaturated/α-hetero) is 1. The molecule has 1 unspecified atom stereocenters. The van der Waals surface area contributed by atoms with Crippen LogP contribution in [0.4, 0.5) is 5.69 Å². The number of ketones is 1. The van der Waals surface area contributed by atoms with Gasteiger partial charge in [-0.05, 0) is 48.9 Å². The van der Waals surface area contributed by atoms with E-state index in [1.165, 1.54) is 36.3 Å². The first kappa shape index (κ1) is 22.7. The van der Waals surface area contributed by atoms with Crippen LogP contribution in [0.5, 0.6) is 11.5 Å². The number of ether oxygens (including phenoxy) is 1. The van der Waals surface area contributed by atoms with Gasteiger partial charge in [0.1, 0.15) is 11.5 Å². The Kier molecular flexibility index (Phi) is 6.06. The molecule has 8 heteroatoms. The van der Waals surface area contributed by atoms with Crippen LogP contribution in [-0.2, 0) is 9.59 Å². The minimum absolute atomic E-state index is 0.0440. The van der Waals surface area contributed by atoms with Crippen molar-refractivity contribution in [3.05, 3.63) is 93.0 Å². The Morgan fingerprint density at radius 3 is 2.21 bits per heavy atom. The van der Waals surface area contributed by atoms with E-state index in [0.29, 0.717) is 11.3 Å². The number of aliphatic hydroxyl groups excluding tert-OH is 1. The van der Waals surface area contributed by atoms with E-state index in [1.807, 2.05) is 19.1 Å². The topological polar surface area (TPSA) is 87.1 Å². The number of hydrogen-bond acceptors (Lipinski definition) is 5. The number of amides is 1. The largest absolute Gasteiger partial charge is 0.508 e. The predicted octanol–water partition coefficient (Wildman–Crippen LogP) is 5.64. The van der Waals surface area contributed by atoms with Crippen molar-refractivity contribution in [3.8, 4) is 11.5 Å². The van der Waals surface area contributed by atoms with E-state index in [9.17, 15) is 19.8 Å². The molecule has 0 spiro atoms. The van der Waals surface area contributed by atoms with E-state index in [1.54, 1.807) is 24.3 Å². The Morgan fingerprint density at radius 1 is 1.00 bits per heavy atom. The summed E-state index contributed by atoms with van der Waals surface area (Å²) in [6.45, 7) is 1.90. The molecule has 1 heterocycles. The standard InChI is InChI=1S/C25H19Cl2NO5/c1-13-6-8-16(9-7-13)28-21(14-4-3-5-17(29)10-14)20(23(31)25(28)32)22(30)15-11-18(26)24(33-2)19(27)12-15/h3-12,21,29-30H,1-2H3/b22-20+. The molecule has 1 amide bonds. The molecular weight excluding hydrogens is 465 g/mol. The fourth-order valence-corrected chi connectivity index (χ4v) is 4.50. The van der Waals surface area contributed by atoms with Crippen molar-refractivity contribution in [2.45, 2.75) is 13.0 Å². The molecule has 2 N–H and O–H groups in total. The number of rotatable bonds is 4. The summed E-state index contributed by atoms with van der Waals surface area (Å²) in [6.07, 6.45) is 0. The molecule has 1 aliphatic heterocycles. The highest BCUT2D eigenvalue weighted by atomic mass is 35.5. The van der Waals surface area contributed by atoms with E-state index in [-0.39, 0.29) is 32.7 Å². The summed E-state index contributed by atoms with van der Waals surface area (Å²) in [7, 11) is 1.40. The average Bonchev–Trinajstić information content (AvgIpc) is 3.04. The van der Waals surface area contributed by atoms with Gasteiger partial charge >= 0.3 is 0 Å². The first-order valence-electron chi connectivity index (χ1n) is 9.93. The van der Waals surface area contributed by atoms with Crippen LogP contribution >= 0.6 is 23.2 Å². The molecule has 0 aromatic heterocycles. The fraction of sp³-hybridized carbons (Fsp3) is 0.120. The molecule has 3 aromatic rings. The zero-order chi connectivity index (χ0) is 23.9. The van der Waals surface area contributed by atoms with Gasteiger partial charge in [0.25, 0.3) is 11.7 Å². The quantitative estimate of drug-likeness (QED) is 0.284. The van der Waals surface area contributed by atoms with Gasteiger partial charge < -0.3 is 14.9 Å². The number of methoxy groups -OCH3 is 1. The first-order valence-corrected chi connectivity index (χ1v) is 10.7. The molecule has 4 rings (SSSR count). The third-order valence-corrected chi connectivity index (χ3v) is 5.98. The number of hydrogen-bond donors (Lipinski definition) is 2. The third-order valence-electron chi connectivity index (χ3n) is 5.42. The summed E-state index contributed by atoms with van der Waals surface area (Å²) in [6, 6.07) is 15.1. The van der Waals surface area contributed by atoms with Crippen molar-refractivity contribution in [3.63, 3.8) is 0 Å². The lowest BCUT2D eigenvalue weighted by molar-refractivity contribution is -0.132. The summed E-state index contributed by atoms with van der Waals surface area (Å²) in [5.74, 6) is -1.94. The van der Waals surface area contributed by atoms with Crippen LogP contribution in [0.1, 0.15) is 22.7 Å². The second-order valence-corrected chi connectivity index (χ2v) is 8.39. The van der Waals surface area contributed by atoms with Gasteiger partial charge in [0.05, 0.1) is 28.8 Å². The second-order valence-electron chi connectivity index (χ2n) is 7.57. The Bertz CT molecular complexity index is 1280. The maximum absolute atomic E-state index is 13.2. The summed E-state index contributed by atoms with van der Waals surface area (Å²) >= 11 is 12.5. The van der Waals surface area contributed by atoms with Crippen LogP contribution in [0.25, 0.3) is 5.76 Å². The fourth-order valence-electron chi connectivity index (χ4n) is 3.86. The molecule has 6 nitrogen and oxygen atoms in total. The van der Waals surface area contributed by atoms with Crippen molar-refractivity contribution in [1.29, 1.82) is 0 Å². The number of nitrogens with zero attached hydrogens (tertiary/aromatic N) is 1. The normalized spacial score (nSPS) is 17.5.